The Kier molecular flexibility index (Phi) is 3.06. The molecule has 0 aliphatic rings. The molecule has 1 aromatic heterocycles. The summed E-state index contributed by atoms with van der Waals surface area (Å²) in [6.45, 7) is 6.50. The summed E-state index contributed by atoms with van der Waals surface area (Å²) >= 11 is 1.91. The summed E-state index contributed by atoms with van der Waals surface area (Å²) < 4.78 is 5.83. The van der Waals surface area contributed by atoms with Gasteiger partial charge in [-0.05, 0) is 23.8 Å². The summed E-state index contributed by atoms with van der Waals surface area (Å²) in [6.07, 6.45) is 0. The van der Waals surface area contributed by atoms with E-state index in [1.165, 1.54) is 10.9 Å². The minimum absolute atomic E-state index is 0.652. The highest BCUT2D eigenvalue weighted by atomic mass is 32.2. The van der Waals surface area contributed by atoms with Crippen LogP contribution < -0.4 is 0 Å². The summed E-state index contributed by atoms with van der Waals surface area (Å²) in [7, 11) is 0. The molecule has 2 aromatic rings. The molecule has 0 aliphatic carbocycles. The lowest BCUT2D eigenvalue weighted by molar-refractivity contribution is 0.571. The maximum absolute atomic E-state index is 5.83. The van der Waals surface area contributed by atoms with Crippen molar-refractivity contribution >= 4 is 22.7 Å². The fourth-order valence-electron chi connectivity index (χ4n) is 1.58. The molecular formula is C13H16OS. The van der Waals surface area contributed by atoms with Crippen LogP contribution in [0.5, 0.6) is 0 Å². The number of hydrogen-bond acceptors (Lipinski definition) is 2. The normalized spacial score (nSPS) is 11.5. The summed E-state index contributed by atoms with van der Waals surface area (Å²) in [5.41, 5.74) is 2.25. The molecule has 80 valence electrons. The van der Waals surface area contributed by atoms with E-state index in [0.29, 0.717) is 5.25 Å². The summed E-state index contributed by atoms with van der Waals surface area (Å²) in [6, 6.07) is 8.42. The predicted octanol–water partition coefficient (Wildman–Crippen LogP) is 4.38. The van der Waals surface area contributed by atoms with Gasteiger partial charge in [-0.25, -0.2) is 0 Å². The summed E-state index contributed by atoms with van der Waals surface area (Å²) in [4.78, 5) is 0. The van der Waals surface area contributed by atoms with Crippen LogP contribution in [0.2, 0.25) is 0 Å². The topological polar surface area (TPSA) is 13.1 Å². The molecule has 0 amide bonds. The van der Waals surface area contributed by atoms with Crippen molar-refractivity contribution in [2.45, 2.75) is 31.8 Å². The van der Waals surface area contributed by atoms with Crippen molar-refractivity contribution in [3.05, 3.63) is 35.6 Å². The number of aryl methyl sites for hydroxylation is 1. The lowest BCUT2D eigenvalue weighted by Crippen LogP contribution is -1.86. The van der Waals surface area contributed by atoms with Gasteiger partial charge in [-0.1, -0.05) is 32.0 Å². The smallest absolute Gasteiger partial charge is 0.137 e. The van der Waals surface area contributed by atoms with E-state index in [-0.39, 0.29) is 0 Å². The van der Waals surface area contributed by atoms with E-state index in [9.17, 15) is 0 Å². The van der Waals surface area contributed by atoms with Gasteiger partial charge in [-0.15, -0.1) is 0 Å². The SMILES string of the molecule is Cc1cccc2cc(CSC(C)C)oc12. The van der Waals surface area contributed by atoms with Crippen LogP contribution in [-0.2, 0) is 5.75 Å². The van der Waals surface area contributed by atoms with Crippen LogP contribution in [0.15, 0.2) is 28.7 Å². The Hall–Kier alpha value is -0.890. The molecule has 15 heavy (non-hydrogen) atoms. The fourth-order valence-corrected chi connectivity index (χ4v) is 2.22. The molecule has 0 saturated heterocycles. The number of rotatable bonds is 3. The van der Waals surface area contributed by atoms with E-state index >= 15 is 0 Å². The van der Waals surface area contributed by atoms with E-state index < -0.39 is 0 Å². The zero-order valence-corrected chi connectivity index (χ0v) is 10.2. The molecule has 0 atom stereocenters. The average molecular weight is 220 g/mol. The number of furan rings is 1. The van der Waals surface area contributed by atoms with Gasteiger partial charge in [0.25, 0.3) is 0 Å². The standard InChI is InChI=1S/C13H16OS/c1-9(2)15-8-12-7-11-6-4-5-10(3)13(11)14-12/h4-7,9H,8H2,1-3H3. The minimum Gasteiger partial charge on any atom is -0.460 e. The number of para-hydroxylation sites is 1. The third-order valence-electron chi connectivity index (χ3n) is 2.35. The minimum atomic E-state index is 0.652. The molecule has 0 saturated carbocycles. The van der Waals surface area contributed by atoms with Crippen molar-refractivity contribution in [3.63, 3.8) is 0 Å². The van der Waals surface area contributed by atoms with Gasteiger partial charge in [0.15, 0.2) is 0 Å². The van der Waals surface area contributed by atoms with Crippen LogP contribution in [0, 0.1) is 6.92 Å². The Labute approximate surface area is 94.9 Å². The first-order valence-electron chi connectivity index (χ1n) is 5.26. The lowest BCUT2D eigenvalue weighted by atomic mass is 10.2. The first kappa shape index (κ1) is 10.6. The van der Waals surface area contributed by atoms with Gasteiger partial charge in [0.05, 0.1) is 5.75 Å². The average Bonchev–Trinajstić information content (AvgIpc) is 2.59. The largest absolute Gasteiger partial charge is 0.460 e. The Morgan fingerprint density at radius 2 is 2.13 bits per heavy atom. The quantitative estimate of drug-likeness (QED) is 0.761. The summed E-state index contributed by atoms with van der Waals surface area (Å²) in [5.74, 6) is 2.05. The monoisotopic (exact) mass is 220 g/mol. The van der Waals surface area contributed by atoms with Crippen LogP contribution >= 0.6 is 11.8 Å². The van der Waals surface area contributed by atoms with Crippen LogP contribution in [0.4, 0.5) is 0 Å². The van der Waals surface area contributed by atoms with Crippen LogP contribution in [0.1, 0.15) is 25.2 Å². The van der Waals surface area contributed by atoms with Crippen molar-refractivity contribution in [2.24, 2.45) is 0 Å². The fraction of sp³-hybridized carbons (Fsp3) is 0.385. The van der Waals surface area contributed by atoms with Crippen LogP contribution in [0.3, 0.4) is 0 Å². The number of hydrogen-bond donors (Lipinski definition) is 0. The molecule has 0 aliphatic heterocycles. The maximum Gasteiger partial charge on any atom is 0.137 e. The third kappa shape index (κ3) is 2.37. The van der Waals surface area contributed by atoms with Crippen LogP contribution in [-0.4, -0.2) is 5.25 Å². The molecule has 1 heterocycles. The third-order valence-corrected chi connectivity index (χ3v) is 3.47. The number of thioether (sulfide) groups is 1. The van der Waals surface area contributed by atoms with Gasteiger partial charge in [0.1, 0.15) is 11.3 Å². The molecule has 1 nitrogen and oxygen atoms in total. The molecule has 2 heteroatoms. The van der Waals surface area contributed by atoms with E-state index in [0.717, 1.165) is 17.1 Å². The van der Waals surface area contributed by atoms with E-state index in [2.05, 4.69) is 45.0 Å². The van der Waals surface area contributed by atoms with Crippen molar-refractivity contribution in [1.82, 2.24) is 0 Å². The highest BCUT2D eigenvalue weighted by Crippen LogP contribution is 2.26. The maximum atomic E-state index is 5.83. The number of fused-ring (bicyclic) bond motifs is 1. The molecule has 2 rings (SSSR count). The van der Waals surface area contributed by atoms with Gasteiger partial charge < -0.3 is 4.42 Å². The zero-order chi connectivity index (χ0) is 10.8. The highest BCUT2D eigenvalue weighted by Gasteiger charge is 2.06. The lowest BCUT2D eigenvalue weighted by Gasteiger charge is -2.00. The van der Waals surface area contributed by atoms with Gasteiger partial charge in [0, 0.05) is 5.39 Å². The second-order valence-corrected chi connectivity index (χ2v) is 5.63. The Morgan fingerprint density at radius 1 is 1.33 bits per heavy atom. The van der Waals surface area contributed by atoms with Gasteiger partial charge >= 0.3 is 0 Å². The second-order valence-electron chi connectivity index (χ2n) is 4.07. The molecule has 0 N–H and O–H groups in total. The van der Waals surface area contributed by atoms with Crippen molar-refractivity contribution in [3.8, 4) is 0 Å². The Bertz CT molecular complexity index is 457. The molecular weight excluding hydrogens is 204 g/mol. The number of benzene rings is 1. The Morgan fingerprint density at radius 3 is 2.80 bits per heavy atom. The van der Waals surface area contributed by atoms with Gasteiger partial charge in [0.2, 0.25) is 0 Å². The molecule has 0 radical (unpaired) electrons. The zero-order valence-electron chi connectivity index (χ0n) is 9.41. The van der Waals surface area contributed by atoms with Crippen LogP contribution in [0.25, 0.3) is 11.0 Å². The van der Waals surface area contributed by atoms with E-state index in [4.69, 9.17) is 4.42 Å². The first-order chi connectivity index (χ1) is 7.16. The van der Waals surface area contributed by atoms with Gasteiger partial charge in [-0.2, -0.15) is 11.8 Å². The summed E-state index contributed by atoms with van der Waals surface area (Å²) in [5, 5.41) is 1.87. The molecule has 0 unspecified atom stereocenters. The molecule has 1 aromatic carbocycles. The van der Waals surface area contributed by atoms with E-state index in [1.807, 2.05) is 11.8 Å². The van der Waals surface area contributed by atoms with Crippen molar-refractivity contribution in [2.75, 3.05) is 0 Å². The van der Waals surface area contributed by atoms with Crippen molar-refractivity contribution in [1.29, 1.82) is 0 Å². The highest BCUT2D eigenvalue weighted by molar-refractivity contribution is 7.99. The Balaban J connectivity index is 2.27. The second kappa shape index (κ2) is 4.31. The van der Waals surface area contributed by atoms with Crippen molar-refractivity contribution < 1.29 is 4.42 Å². The molecule has 0 spiro atoms. The molecule has 0 bridgehead atoms. The van der Waals surface area contributed by atoms with E-state index in [1.54, 1.807) is 0 Å². The predicted molar refractivity (Wildman–Crippen MR) is 67.4 cm³/mol. The molecule has 0 fully saturated rings. The first-order valence-corrected chi connectivity index (χ1v) is 6.31. The van der Waals surface area contributed by atoms with Gasteiger partial charge in [-0.3, -0.25) is 0 Å².